The van der Waals surface area contributed by atoms with Crippen LogP contribution < -0.4 is 0 Å². The molecule has 2 aliphatic heterocycles. The van der Waals surface area contributed by atoms with E-state index in [1.165, 1.54) is 4.90 Å². The Hall–Kier alpha value is -1.21. The van der Waals surface area contributed by atoms with Gasteiger partial charge in [0.2, 0.25) is 0 Å². The molecule has 2 aliphatic rings. The Morgan fingerprint density at radius 2 is 1.52 bits per heavy atom. The highest BCUT2D eigenvalue weighted by Gasteiger charge is 2.82. The number of hydrogen-bond donors (Lipinski definition) is 1. The molecule has 0 bridgehead atoms. The largest absolute Gasteiger partial charge is 0.463 e. The molecule has 1 unspecified atom stereocenters. The minimum atomic E-state index is -7.07. The van der Waals surface area contributed by atoms with Gasteiger partial charge in [-0.2, -0.15) is 39.1 Å². The van der Waals surface area contributed by atoms with Crippen molar-refractivity contribution in [2.45, 2.75) is 29.0 Å². The van der Waals surface area contributed by atoms with Crippen LogP contribution in [0.1, 0.15) is 6.42 Å². The lowest BCUT2D eigenvalue weighted by molar-refractivity contribution is -0.247. The fourth-order valence-corrected chi connectivity index (χ4v) is 4.46. The topological polar surface area (TPSA) is 134 Å². The van der Waals surface area contributed by atoms with Crippen LogP contribution in [0.3, 0.4) is 0 Å². The van der Waals surface area contributed by atoms with E-state index in [9.17, 15) is 48.0 Å². The van der Waals surface area contributed by atoms with E-state index >= 15 is 0 Å². The number of piperazine rings is 1. The van der Waals surface area contributed by atoms with E-state index in [0.29, 0.717) is 6.61 Å². The number of sulfonamides is 1. The van der Waals surface area contributed by atoms with E-state index in [0.717, 1.165) is 0 Å². The van der Waals surface area contributed by atoms with Crippen molar-refractivity contribution in [2.75, 3.05) is 45.9 Å². The first-order valence-corrected chi connectivity index (χ1v) is 11.4. The summed E-state index contributed by atoms with van der Waals surface area (Å²) in [4.78, 5) is 12.9. The summed E-state index contributed by atoms with van der Waals surface area (Å²) < 4.78 is 144. The second kappa shape index (κ2) is 8.62. The molecule has 0 spiro atoms. The number of halogens is 6. The first-order chi connectivity index (χ1) is 13.9. The van der Waals surface area contributed by atoms with E-state index in [4.69, 9.17) is 14.0 Å². The number of rotatable bonds is 10. The molecule has 2 heterocycles. The molecule has 2 saturated heterocycles. The predicted octanol–water partition coefficient (Wildman–Crippen LogP) is -0.0254. The van der Waals surface area contributed by atoms with Gasteiger partial charge in [0.05, 0.1) is 13.0 Å². The minimum Gasteiger partial charge on any atom is -0.463 e. The van der Waals surface area contributed by atoms with Crippen molar-refractivity contribution >= 4 is 26.1 Å². The number of carbonyl (C=O) groups excluding carboxylic acids is 1. The van der Waals surface area contributed by atoms with Gasteiger partial charge in [-0.1, -0.05) is 0 Å². The molecule has 0 aromatic carbocycles. The van der Waals surface area contributed by atoms with Crippen LogP contribution in [0.25, 0.3) is 0 Å². The van der Waals surface area contributed by atoms with Crippen LogP contribution in [-0.2, 0) is 34.4 Å². The summed E-state index contributed by atoms with van der Waals surface area (Å²) >= 11 is 0. The van der Waals surface area contributed by atoms with Crippen LogP contribution in [0, 0.1) is 0 Å². The van der Waals surface area contributed by atoms with Gasteiger partial charge in [0.25, 0.3) is 10.0 Å². The third kappa shape index (κ3) is 5.08. The molecule has 2 fully saturated rings. The lowest BCUT2D eigenvalue weighted by atomic mass is 10.3. The van der Waals surface area contributed by atoms with Crippen molar-refractivity contribution in [1.29, 1.82) is 0 Å². The number of carbonyl (C=O) groups is 1. The third-order valence-electron chi connectivity index (χ3n) is 4.51. The summed E-state index contributed by atoms with van der Waals surface area (Å²) in [6.45, 7) is -1.73. The van der Waals surface area contributed by atoms with Crippen LogP contribution in [0.15, 0.2) is 0 Å². The fraction of sp³-hybridized carbons (Fsp3) is 0.923. The van der Waals surface area contributed by atoms with E-state index < -0.39 is 55.6 Å². The van der Waals surface area contributed by atoms with Crippen molar-refractivity contribution < 1.29 is 62.0 Å². The second-order valence-electron chi connectivity index (χ2n) is 6.72. The molecule has 0 aromatic heterocycles. The molecule has 1 atom stereocenters. The first-order valence-electron chi connectivity index (χ1n) is 8.55. The molecule has 2 rings (SSSR count). The summed E-state index contributed by atoms with van der Waals surface area (Å²) in [5, 5.41) is -13.3. The molecule has 0 aromatic rings. The van der Waals surface area contributed by atoms with Gasteiger partial charge < -0.3 is 14.4 Å². The summed E-state index contributed by atoms with van der Waals surface area (Å²) in [6.07, 6.45) is -0.306. The maximum absolute atomic E-state index is 14.0. The average Bonchev–Trinajstić information content (AvgIpc) is 3.48. The van der Waals surface area contributed by atoms with E-state index in [1.807, 2.05) is 0 Å². The summed E-state index contributed by atoms with van der Waals surface area (Å²) in [6, 6.07) is 0. The highest BCUT2D eigenvalue weighted by Crippen LogP contribution is 2.51. The number of ether oxygens (including phenoxy) is 2. The van der Waals surface area contributed by atoms with E-state index in [-0.39, 0.29) is 43.1 Å². The smallest absolute Gasteiger partial charge is 0.439 e. The van der Waals surface area contributed by atoms with Crippen LogP contribution >= 0.6 is 0 Å². The summed E-state index contributed by atoms with van der Waals surface area (Å²) in [7, 11) is -13.5. The molecule has 0 saturated carbocycles. The molecule has 182 valence electrons. The summed E-state index contributed by atoms with van der Waals surface area (Å²) in [5.41, 5.74) is 0. The van der Waals surface area contributed by atoms with Crippen LogP contribution in [0.5, 0.6) is 0 Å². The summed E-state index contributed by atoms with van der Waals surface area (Å²) in [5.74, 6) is -7.58. The number of epoxide rings is 1. The SMILES string of the molecule is O=C(CCN1CCN(S(=O)(=O)C(F)(F)C(F)(F)C(F)(F)S(=O)(=O)O)CC1)OCC1CO1. The second-order valence-corrected chi connectivity index (χ2v) is 10.2. The minimum absolute atomic E-state index is 0.0195. The standard InChI is InChI=1S/C13H18F6N2O8S2/c14-11(15,13(18,19)31(25,26)27)12(16,17)30(23,24)21-5-3-20(4-6-21)2-1-10(22)29-8-9-7-28-9/h9H,1-8H2,(H,25,26,27). The Bertz CT molecular complexity index is 886. The molecule has 0 radical (unpaired) electrons. The molecule has 0 amide bonds. The average molecular weight is 508 g/mol. The lowest BCUT2D eigenvalue weighted by Gasteiger charge is -2.37. The van der Waals surface area contributed by atoms with E-state index in [2.05, 4.69) is 0 Å². The monoisotopic (exact) mass is 508 g/mol. The molecule has 31 heavy (non-hydrogen) atoms. The van der Waals surface area contributed by atoms with Gasteiger partial charge >= 0.3 is 32.5 Å². The maximum atomic E-state index is 14.0. The highest BCUT2D eigenvalue weighted by molar-refractivity contribution is 7.90. The Morgan fingerprint density at radius 3 is 1.97 bits per heavy atom. The van der Waals surface area contributed by atoms with Gasteiger partial charge in [-0.05, 0) is 0 Å². The van der Waals surface area contributed by atoms with Crippen molar-refractivity contribution in [3.8, 4) is 0 Å². The quantitative estimate of drug-likeness (QED) is 0.187. The van der Waals surface area contributed by atoms with Crippen molar-refractivity contribution in [3.05, 3.63) is 0 Å². The number of hydrogen-bond acceptors (Lipinski definition) is 8. The molecule has 0 aliphatic carbocycles. The van der Waals surface area contributed by atoms with Crippen molar-refractivity contribution in [1.82, 2.24) is 9.21 Å². The van der Waals surface area contributed by atoms with Gasteiger partial charge in [0, 0.05) is 32.7 Å². The van der Waals surface area contributed by atoms with Gasteiger partial charge in [-0.3, -0.25) is 9.35 Å². The van der Waals surface area contributed by atoms with Gasteiger partial charge in [-0.15, -0.1) is 0 Å². The molecule has 10 nitrogen and oxygen atoms in total. The molecular weight excluding hydrogens is 490 g/mol. The van der Waals surface area contributed by atoms with Gasteiger partial charge in [-0.25, -0.2) is 8.42 Å². The molecule has 1 N–H and O–H groups in total. The van der Waals surface area contributed by atoms with Crippen molar-refractivity contribution in [3.63, 3.8) is 0 Å². The molecular formula is C13H18F6N2O8S2. The zero-order valence-electron chi connectivity index (χ0n) is 15.5. The maximum Gasteiger partial charge on any atom is 0.439 e. The Labute approximate surface area is 172 Å². The van der Waals surface area contributed by atoms with Crippen LogP contribution in [0.4, 0.5) is 26.3 Å². The molecule has 18 heteroatoms. The van der Waals surface area contributed by atoms with Crippen LogP contribution in [0.2, 0.25) is 0 Å². The number of esters is 1. The van der Waals surface area contributed by atoms with E-state index in [1.54, 1.807) is 0 Å². The van der Waals surface area contributed by atoms with Gasteiger partial charge in [0.1, 0.15) is 12.7 Å². The Balaban J connectivity index is 2.00. The van der Waals surface area contributed by atoms with Gasteiger partial charge in [0.15, 0.2) is 0 Å². The van der Waals surface area contributed by atoms with Crippen molar-refractivity contribution in [2.24, 2.45) is 0 Å². The Kier molecular flexibility index (Phi) is 7.24. The van der Waals surface area contributed by atoms with Crippen LogP contribution in [-0.4, -0.2) is 105 Å². The first kappa shape index (κ1) is 26.0. The zero-order chi connectivity index (χ0) is 23.9. The normalized spacial score (nSPS) is 22.4. The fourth-order valence-electron chi connectivity index (χ4n) is 2.52. The zero-order valence-corrected chi connectivity index (χ0v) is 17.2. The lowest BCUT2D eigenvalue weighted by Crippen LogP contribution is -2.64. The third-order valence-corrected chi connectivity index (χ3v) is 7.37. The Morgan fingerprint density at radius 1 is 1.00 bits per heavy atom. The number of alkyl halides is 6. The highest BCUT2D eigenvalue weighted by atomic mass is 32.2. The predicted molar refractivity (Wildman–Crippen MR) is 88.6 cm³/mol. The number of nitrogens with zero attached hydrogens (tertiary/aromatic N) is 2.